The highest BCUT2D eigenvalue weighted by Gasteiger charge is 2.22. The van der Waals surface area contributed by atoms with Crippen molar-refractivity contribution in [3.8, 4) is 12.1 Å². The van der Waals surface area contributed by atoms with Gasteiger partial charge in [-0.2, -0.15) is 15.5 Å². The van der Waals surface area contributed by atoms with Gasteiger partial charge in [0.15, 0.2) is 0 Å². The zero-order chi connectivity index (χ0) is 27.5. The highest BCUT2D eigenvalue weighted by Crippen LogP contribution is 2.30. The zero-order valence-electron chi connectivity index (χ0n) is 21.8. The third-order valence-electron chi connectivity index (χ3n) is 5.50. The van der Waals surface area contributed by atoms with E-state index in [1.54, 1.807) is 37.5 Å². The maximum Gasteiger partial charge on any atom is 0.257 e. The molecular weight excluding hydrogens is 482 g/mol. The van der Waals surface area contributed by atoms with Gasteiger partial charge in [-0.1, -0.05) is 0 Å². The number of rotatable bonds is 11. The number of benzene rings is 2. The summed E-state index contributed by atoms with van der Waals surface area (Å²) in [6, 6.07) is 14.8. The van der Waals surface area contributed by atoms with E-state index in [0.717, 1.165) is 22.4 Å². The van der Waals surface area contributed by atoms with E-state index in [-0.39, 0.29) is 24.0 Å². The first-order valence-electron chi connectivity index (χ1n) is 11.8. The van der Waals surface area contributed by atoms with Crippen molar-refractivity contribution in [1.29, 1.82) is 10.5 Å². The summed E-state index contributed by atoms with van der Waals surface area (Å²) in [6.07, 6.45) is 3.16. The van der Waals surface area contributed by atoms with E-state index in [1.807, 2.05) is 32.0 Å². The number of nitriles is 2. The number of hydrogen-bond donors (Lipinski definition) is 3. The van der Waals surface area contributed by atoms with Crippen LogP contribution in [-0.4, -0.2) is 43.2 Å². The minimum absolute atomic E-state index is 0.0716. The largest absolute Gasteiger partial charge is 0.383 e. The van der Waals surface area contributed by atoms with Crippen molar-refractivity contribution in [1.82, 2.24) is 15.3 Å². The second-order valence-electron chi connectivity index (χ2n) is 8.33. The van der Waals surface area contributed by atoms with Crippen molar-refractivity contribution in [2.75, 3.05) is 38.0 Å². The molecule has 3 aromatic rings. The lowest BCUT2D eigenvalue weighted by atomic mass is 10.0. The third-order valence-corrected chi connectivity index (χ3v) is 5.50. The van der Waals surface area contributed by atoms with E-state index in [4.69, 9.17) is 20.0 Å². The summed E-state index contributed by atoms with van der Waals surface area (Å²) >= 11 is 0. The topological polar surface area (TPSA) is 145 Å². The summed E-state index contributed by atoms with van der Waals surface area (Å²) in [4.78, 5) is 22.5. The molecule has 10 heteroatoms. The standard InChI is InChI=1S/C28H29N7O3/c1-18-14-21(6-5-11-29)15-19(2)25(18)34-26-24(27(36)31-12-13-37-3)23(17-38-4)33-28(35-26)32-22-9-7-20(16-30)8-10-22/h5-10,14-15H,12-13,17H2,1-4H3,(H,31,36)(H2,32,33,34,35)/b6-5+. The van der Waals surface area contributed by atoms with Gasteiger partial charge in [0.2, 0.25) is 5.95 Å². The Morgan fingerprint density at radius 2 is 1.74 bits per heavy atom. The summed E-state index contributed by atoms with van der Waals surface area (Å²) in [5, 5.41) is 27.3. The van der Waals surface area contributed by atoms with Gasteiger partial charge in [-0.05, 0) is 73.0 Å². The quantitative estimate of drug-likeness (QED) is 0.250. The van der Waals surface area contributed by atoms with E-state index in [9.17, 15) is 4.79 Å². The molecule has 0 bridgehead atoms. The Morgan fingerprint density at radius 1 is 1.03 bits per heavy atom. The number of carbonyl (C=O) groups excluding carboxylic acids is 1. The van der Waals surface area contributed by atoms with Crippen LogP contribution in [-0.2, 0) is 16.1 Å². The van der Waals surface area contributed by atoms with Gasteiger partial charge in [0, 0.05) is 38.2 Å². The van der Waals surface area contributed by atoms with E-state index in [2.05, 4.69) is 32.0 Å². The summed E-state index contributed by atoms with van der Waals surface area (Å²) in [5.41, 5.74) is 5.31. The predicted molar refractivity (Wildman–Crippen MR) is 145 cm³/mol. The summed E-state index contributed by atoms with van der Waals surface area (Å²) < 4.78 is 10.4. The van der Waals surface area contributed by atoms with Gasteiger partial charge < -0.3 is 25.4 Å². The molecule has 0 atom stereocenters. The second-order valence-corrected chi connectivity index (χ2v) is 8.33. The number of aromatic nitrogens is 2. The fourth-order valence-electron chi connectivity index (χ4n) is 3.79. The molecule has 0 aliphatic rings. The van der Waals surface area contributed by atoms with Crippen molar-refractivity contribution < 1.29 is 14.3 Å². The molecular formula is C28H29N7O3. The molecule has 3 rings (SSSR count). The van der Waals surface area contributed by atoms with Crippen LogP contribution in [0.25, 0.3) is 6.08 Å². The molecule has 0 saturated carbocycles. The molecule has 2 aromatic carbocycles. The Morgan fingerprint density at radius 3 is 2.34 bits per heavy atom. The van der Waals surface area contributed by atoms with Crippen LogP contribution in [0.5, 0.6) is 0 Å². The number of nitrogens with one attached hydrogen (secondary N) is 3. The van der Waals surface area contributed by atoms with Crippen LogP contribution >= 0.6 is 0 Å². The van der Waals surface area contributed by atoms with E-state index >= 15 is 0 Å². The maximum absolute atomic E-state index is 13.3. The number of anilines is 4. The highest BCUT2D eigenvalue weighted by atomic mass is 16.5. The van der Waals surface area contributed by atoms with Crippen LogP contribution in [0.2, 0.25) is 0 Å². The minimum atomic E-state index is -0.370. The van der Waals surface area contributed by atoms with Gasteiger partial charge in [0.1, 0.15) is 11.4 Å². The molecule has 1 aromatic heterocycles. The normalized spacial score (nSPS) is 10.6. The molecule has 0 radical (unpaired) electrons. The number of hydrogen-bond acceptors (Lipinski definition) is 9. The van der Waals surface area contributed by atoms with E-state index in [1.165, 1.54) is 13.2 Å². The van der Waals surface area contributed by atoms with Gasteiger partial charge in [-0.25, -0.2) is 4.98 Å². The van der Waals surface area contributed by atoms with Gasteiger partial charge in [0.05, 0.1) is 36.6 Å². The number of aryl methyl sites for hydroxylation is 2. The van der Waals surface area contributed by atoms with Crippen molar-refractivity contribution in [2.24, 2.45) is 0 Å². The summed E-state index contributed by atoms with van der Waals surface area (Å²) in [5.74, 6) is 0.177. The lowest BCUT2D eigenvalue weighted by Crippen LogP contribution is -2.29. The molecule has 1 heterocycles. The molecule has 0 saturated heterocycles. The Hall–Kier alpha value is -4.77. The Bertz CT molecular complexity index is 1380. The molecule has 194 valence electrons. The fraction of sp³-hybridized carbons (Fsp3) is 0.250. The molecule has 1 amide bonds. The van der Waals surface area contributed by atoms with Gasteiger partial charge in [-0.3, -0.25) is 4.79 Å². The molecule has 0 spiro atoms. The lowest BCUT2D eigenvalue weighted by molar-refractivity contribution is 0.0932. The molecule has 0 unspecified atom stereocenters. The fourth-order valence-corrected chi connectivity index (χ4v) is 3.79. The first-order valence-corrected chi connectivity index (χ1v) is 11.8. The van der Waals surface area contributed by atoms with Gasteiger partial charge in [0.25, 0.3) is 5.91 Å². The lowest BCUT2D eigenvalue weighted by Gasteiger charge is -2.19. The monoisotopic (exact) mass is 511 g/mol. The number of methoxy groups -OCH3 is 2. The number of amides is 1. The van der Waals surface area contributed by atoms with E-state index < -0.39 is 0 Å². The van der Waals surface area contributed by atoms with Gasteiger partial charge in [-0.15, -0.1) is 0 Å². The Labute approximate surface area is 221 Å². The molecule has 3 N–H and O–H groups in total. The van der Waals surface area contributed by atoms with Crippen LogP contribution in [0.15, 0.2) is 42.5 Å². The summed E-state index contributed by atoms with van der Waals surface area (Å²) in [6.45, 7) is 4.60. The van der Waals surface area contributed by atoms with Crippen LogP contribution < -0.4 is 16.0 Å². The smallest absolute Gasteiger partial charge is 0.257 e. The van der Waals surface area contributed by atoms with E-state index in [0.29, 0.717) is 35.9 Å². The SMILES string of the molecule is COCCNC(=O)c1c(COC)nc(Nc2ccc(C#N)cc2)nc1Nc1c(C)cc(/C=C/C#N)cc1C. The number of nitrogens with zero attached hydrogens (tertiary/aromatic N) is 4. The van der Waals surface area contributed by atoms with Crippen molar-refractivity contribution >= 4 is 35.1 Å². The Balaban J connectivity index is 2.10. The third kappa shape index (κ3) is 7.14. The van der Waals surface area contributed by atoms with Crippen LogP contribution in [0.1, 0.15) is 38.3 Å². The van der Waals surface area contributed by atoms with Crippen molar-refractivity contribution in [3.63, 3.8) is 0 Å². The minimum Gasteiger partial charge on any atom is -0.383 e. The van der Waals surface area contributed by atoms with Crippen LogP contribution in [0.3, 0.4) is 0 Å². The van der Waals surface area contributed by atoms with Gasteiger partial charge >= 0.3 is 0 Å². The van der Waals surface area contributed by atoms with Crippen molar-refractivity contribution in [3.05, 3.63) is 76.0 Å². The highest BCUT2D eigenvalue weighted by molar-refractivity contribution is 6.01. The Kier molecular flexibility index (Phi) is 9.89. The maximum atomic E-state index is 13.3. The first-order chi connectivity index (χ1) is 18.4. The molecule has 0 aliphatic heterocycles. The average molecular weight is 512 g/mol. The average Bonchev–Trinajstić information content (AvgIpc) is 2.90. The number of ether oxygens (including phenoxy) is 2. The summed E-state index contributed by atoms with van der Waals surface area (Å²) in [7, 11) is 3.08. The predicted octanol–water partition coefficient (Wildman–Crippen LogP) is 4.51. The molecule has 0 fully saturated rings. The second kappa shape index (κ2) is 13.5. The number of allylic oxidation sites excluding steroid dienone is 1. The molecule has 0 aliphatic carbocycles. The van der Waals surface area contributed by atoms with Crippen molar-refractivity contribution in [2.45, 2.75) is 20.5 Å². The first kappa shape index (κ1) is 27.8. The van der Waals surface area contributed by atoms with Crippen LogP contribution in [0, 0.1) is 36.5 Å². The number of carbonyl (C=O) groups is 1. The zero-order valence-corrected chi connectivity index (χ0v) is 21.8. The molecule has 38 heavy (non-hydrogen) atoms. The molecule has 10 nitrogen and oxygen atoms in total. The van der Waals surface area contributed by atoms with Crippen LogP contribution in [0.4, 0.5) is 23.1 Å².